The summed E-state index contributed by atoms with van der Waals surface area (Å²) in [6.45, 7) is 4.00. The zero-order chi connectivity index (χ0) is 16.7. The van der Waals surface area contributed by atoms with Gasteiger partial charge in [0.15, 0.2) is 5.76 Å². The largest absolute Gasteiger partial charge is 0.478 e. The van der Waals surface area contributed by atoms with Crippen LogP contribution >= 0.6 is 0 Å². The van der Waals surface area contributed by atoms with E-state index in [0.29, 0.717) is 17.2 Å². The van der Waals surface area contributed by atoms with Crippen LogP contribution in [-0.2, 0) is 0 Å². The predicted molar refractivity (Wildman–Crippen MR) is 89.0 cm³/mol. The summed E-state index contributed by atoms with van der Waals surface area (Å²) in [4.78, 5) is 15.0. The van der Waals surface area contributed by atoms with E-state index in [1.54, 1.807) is 18.3 Å². The maximum absolute atomic E-state index is 10.8. The van der Waals surface area contributed by atoms with Gasteiger partial charge in [0, 0.05) is 11.1 Å². The summed E-state index contributed by atoms with van der Waals surface area (Å²) in [6, 6.07) is 6.35. The Morgan fingerprint density at radius 2 is 2.09 bits per heavy atom. The zero-order valence-electron chi connectivity index (χ0n) is 13.0. The molecule has 2 rings (SSSR count). The highest BCUT2D eigenvalue weighted by molar-refractivity contribution is 5.88. The van der Waals surface area contributed by atoms with Gasteiger partial charge in [-0.25, -0.2) is 9.78 Å². The maximum atomic E-state index is 10.8. The fraction of sp³-hybridized carbons (Fsp3) is 0.158. The zero-order valence-corrected chi connectivity index (χ0v) is 13.0. The van der Waals surface area contributed by atoms with Crippen LogP contribution in [0, 0.1) is 11.8 Å². The first-order valence-electron chi connectivity index (χ1n) is 7.28. The average Bonchev–Trinajstić information content (AvgIpc) is 3.02. The van der Waals surface area contributed by atoms with Crippen LogP contribution in [0.5, 0.6) is 0 Å². The normalized spacial score (nSPS) is 11.3. The van der Waals surface area contributed by atoms with Gasteiger partial charge in [0.2, 0.25) is 5.89 Å². The lowest BCUT2D eigenvalue weighted by Gasteiger charge is -1.96. The number of carbonyl (C=O) groups is 1. The summed E-state index contributed by atoms with van der Waals surface area (Å²) < 4.78 is 5.59. The van der Waals surface area contributed by atoms with Crippen molar-refractivity contribution in [3.05, 3.63) is 65.6 Å². The van der Waals surface area contributed by atoms with Gasteiger partial charge in [-0.3, -0.25) is 0 Å². The van der Waals surface area contributed by atoms with E-state index in [1.165, 1.54) is 12.1 Å². The molecule has 0 radical (unpaired) electrons. The van der Waals surface area contributed by atoms with E-state index in [-0.39, 0.29) is 5.56 Å². The summed E-state index contributed by atoms with van der Waals surface area (Å²) in [5.41, 5.74) is 1.86. The highest BCUT2D eigenvalue weighted by Gasteiger charge is 2.07. The average molecular weight is 307 g/mol. The van der Waals surface area contributed by atoms with Crippen molar-refractivity contribution in [2.24, 2.45) is 0 Å². The number of benzene rings is 1. The van der Waals surface area contributed by atoms with Crippen LogP contribution in [0.3, 0.4) is 0 Å². The number of hydrogen-bond donors (Lipinski definition) is 1. The van der Waals surface area contributed by atoms with Gasteiger partial charge in [0.05, 0.1) is 11.8 Å². The Labute approximate surface area is 135 Å². The molecule has 0 amide bonds. The number of nitrogens with zero attached hydrogens (tertiary/aromatic N) is 1. The van der Waals surface area contributed by atoms with Crippen LogP contribution in [0.2, 0.25) is 0 Å². The molecule has 1 aromatic carbocycles. The van der Waals surface area contributed by atoms with E-state index in [2.05, 4.69) is 23.7 Å². The van der Waals surface area contributed by atoms with Crippen LogP contribution < -0.4 is 0 Å². The van der Waals surface area contributed by atoms with Crippen LogP contribution in [0.25, 0.3) is 11.5 Å². The molecule has 4 heteroatoms. The van der Waals surface area contributed by atoms with Gasteiger partial charge in [-0.15, -0.1) is 0 Å². The number of rotatable bonds is 4. The van der Waals surface area contributed by atoms with Gasteiger partial charge in [-0.1, -0.05) is 31.1 Å². The number of carboxylic acids is 1. The molecular formula is C19H17NO3. The molecule has 0 aliphatic heterocycles. The van der Waals surface area contributed by atoms with Crippen molar-refractivity contribution >= 4 is 5.97 Å². The molecule has 2 aromatic rings. The van der Waals surface area contributed by atoms with Gasteiger partial charge in [-0.05, 0) is 43.5 Å². The molecule has 116 valence electrons. The van der Waals surface area contributed by atoms with Crippen molar-refractivity contribution in [3.63, 3.8) is 0 Å². The number of hydrogen-bond acceptors (Lipinski definition) is 3. The van der Waals surface area contributed by atoms with Crippen molar-refractivity contribution in [3.8, 4) is 23.3 Å². The van der Waals surface area contributed by atoms with Crippen molar-refractivity contribution in [2.75, 3.05) is 0 Å². The summed E-state index contributed by atoms with van der Waals surface area (Å²) in [6.07, 6.45) is 8.39. The van der Waals surface area contributed by atoms with E-state index in [4.69, 9.17) is 9.52 Å². The van der Waals surface area contributed by atoms with E-state index in [1.807, 2.05) is 25.2 Å². The second-order valence-corrected chi connectivity index (χ2v) is 4.73. The topological polar surface area (TPSA) is 63.3 Å². The molecule has 4 nitrogen and oxygen atoms in total. The second kappa shape index (κ2) is 7.81. The molecule has 0 aliphatic carbocycles. The molecule has 0 saturated carbocycles. The number of aromatic carboxylic acids is 1. The quantitative estimate of drug-likeness (QED) is 0.675. The van der Waals surface area contributed by atoms with Gasteiger partial charge in [0.1, 0.15) is 0 Å². The molecule has 0 bridgehead atoms. The number of carboxylic acid groups (broad SMARTS) is 1. The molecule has 0 atom stereocenters. The van der Waals surface area contributed by atoms with Crippen molar-refractivity contribution in [1.29, 1.82) is 0 Å². The summed E-state index contributed by atoms with van der Waals surface area (Å²) in [5, 5.41) is 8.89. The first kappa shape index (κ1) is 16.3. The number of aromatic nitrogens is 1. The Kier molecular flexibility index (Phi) is 5.54. The minimum Gasteiger partial charge on any atom is -0.478 e. The lowest BCUT2D eigenvalue weighted by molar-refractivity contribution is 0.0697. The third kappa shape index (κ3) is 4.45. The van der Waals surface area contributed by atoms with E-state index in [0.717, 1.165) is 12.0 Å². The Bertz CT molecular complexity index is 799. The second-order valence-electron chi connectivity index (χ2n) is 4.73. The van der Waals surface area contributed by atoms with Gasteiger partial charge in [-0.2, -0.15) is 0 Å². The molecule has 0 fully saturated rings. The Morgan fingerprint density at radius 1 is 1.35 bits per heavy atom. The van der Waals surface area contributed by atoms with E-state index < -0.39 is 5.97 Å². The molecule has 0 spiro atoms. The Balaban J connectivity index is 2.21. The Hall–Kier alpha value is -3.06. The minimum absolute atomic E-state index is 0.223. The number of oxazole rings is 1. The minimum atomic E-state index is -0.963. The molecule has 23 heavy (non-hydrogen) atoms. The Morgan fingerprint density at radius 3 is 2.70 bits per heavy atom. The molecule has 0 saturated heterocycles. The van der Waals surface area contributed by atoms with Crippen molar-refractivity contribution < 1.29 is 14.3 Å². The third-order valence-electron chi connectivity index (χ3n) is 2.98. The molecule has 1 heterocycles. The van der Waals surface area contributed by atoms with Crippen LogP contribution in [0.15, 0.2) is 58.7 Å². The predicted octanol–water partition coefficient (Wildman–Crippen LogP) is 4.30. The van der Waals surface area contributed by atoms with E-state index in [9.17, 15) is 4.79 Å². The van der Waals surface area contributed by atoms with Crippen molar-refractivity contribution in [2.45, 2.75) is 20.3 Å². The molecule has 0 aliphatic rings. The summed E-state index contributed by atoms with van der Waals surface area (Å²) >= 11 is 0. The highest BCUT2D eigenvalue weighted by atomic mass is 16.4. The number of allylic oxidation sites excluding steroid dienone is 4. The fourth-order valence-electron chi connectivity index (χ4n) is 1.91. The lowest BCUT2D eigenvalue weighted by atomic mass is 10.1. The lowest BCUT2D eigenvalue weighted by Crippen LogP contribution is -1.94. The van der Waals surface area contributed by atoms with Crippen LogP contribution in [0.1, 0.15) is 36.4 Å². The molecular weight excluding hydrogens is 290 g/mol. The molecule has 1 aromatic heterocycles. The summed E-state index contributed by atoms with van der Waals surface area (Å²) in [5.74, 6) is 5.90. The molecule has 0 unspecified atom stereocenters. The smallest absolute Gasteiger partial charge is 0.335 e. The first-order valence-corrected chi connectivity index (χ1v) is 7.28. The summed E-state index contributed by atoms with van der Waals surface area (Å²) in [7, 11) is 0. The monoisotopic (exact) mass is 307 g/mol. The fourth-order valence-corrected chi connectivity index (χ4v) is 1.91. The van der Waals surface area contributed by atoms with Crippen LogP contribution in [-0.4, -0.2) is 16.1 Å². The first-order chi connectivity index (χ1) is 11.1. The standard InChI is InChI=1S/C19H17NO3/c1-3-5-14(6-4-2)7-12-17-13-20-18(23-17)15-8-10-16(11-9-15)19(21)22/h3,5-6,8-11,13H,4H2,1-2H3,(H,21,22)/b5-3-,14-6+. The van der Waals surface area contributed by atoms with Gasteiger partial charge >= 0.3 is 5.97 Å². The maximum Gasteiger partial charge on any atom is 0.335 e. The van der Waals surface area contributed by atoms with Crippen LogP contribution in [0.4, 0.5) is 0 Å². The van der Waals surface area contributed by atoms with Crippen molar-refractivity contribution in [1.82, 2.24) is 4.98 Å². The van der Waals surface area contributed by atoms with Gasteiger partial charge in [0.25, 0.3) is 0 Å². The van der Waals surface area contributed by atoms with E-state index >= 15 is 0 Å². The SMILES string of the molecule is C/C=C\C(C#Cc1cnc(-c2ccc(C(=O)O)cc2)o1)=C/CC. The van der Waals surface area contributed by atoms with Gasteiger partial charge < -0.3 is 9.52 Å². The molecule has 1 N–H and O–H groups in total. The highest BCUT2D eigenvalue weighted by Crippen LogP contribution is 2.19. The third-order valence-corrected chi connectivity index (χ3v) is 2.98.